The molecular weight excluding hydrogens is 236 g/mol. The van der Waals surface area contributed by atoms with Crippen molar-refractivity contribution in [2.24, 2.45) is 0 Å². The zero-order chi connectivity index (χ0) is 11.0. The zero-order valence-electron chi connectivity index (χ0n) is 8.34. The third-order valence-electron chi connectivity index (χ3n) is 2.51. The molecule has 0 radical (unpaired) electrons. The van der Waals surface area contributed by atoms with Crippen LogP contribution in [0, 0.1) is 0 Å². The van der Waals surface area contributed by atoms with Crippen molar-refractivity contribution in [1.29, 1.82) is 0 Å². The molecule has 16 heavy (non-hydrogen) atoms. The predicted octanol–water partition coefficient (Wildman–Crippen LogP) is 3.99. The zero-order valence-corrected chi connectivity index (χ0v) is 9.98. The van der Waals surface area contributed by atoms with E-state index in [1.165, 1.54) is 33.4 Å². The molecule has 0 amide bonds. The first-order valence-corrected chi connectivity index (χ1v) is 6.61. The molecule has 3 rings (SSSR count). The van der Waals surface area contributed by atoms with Crippen LogP contribution < -0.4 is 4.06 Å². The van der Waals surface area contributed by atoms with E-state index in [4.69, 9.17) is 0 Å². The van der Waals surface area contributed by atoms with Crippen LogP contribution in [0.5, 0.6) is 0 Å². The third-order valence-corrected chi connectivity index (χ3v) is 4.47. The second-order valence-corrected chi connectivity index (χ2v) is 5.59. The maximum absolute atomic E-state index is 11.2. The average molecular weight is 244 g/mol. The number of rotatable bonds is 1. The summed E-state index contributed by atoms with van der Waals surface area (Å²) in [6.45, 7) is 0. The summed E-state index contributed by atoms with van der Waals surface area (Å²) in [6.07, 6.45) is 0. The van der Waals surface area contributed by atoms with E-state index in [0.29, 0.717) is 0 Å². The molecule has 0 atom stereocenters. The van der Waals surface area contributed by atoms with E-state index in [1.54, 1.807) is 0 Å². The molecule has 78 valence electrons. The number of hydrogen-bond donors (Lipinski definition) is 0. The van der Waals surface area contributed by atoms with Crippen molar-refractivity contribution >= 4 is 33.4 Å². The van der Waals surface area contributed by atoms with Crippen LogP contribution in [-0.4, -0.2) is 0 Å². The van der Waals surface area contributed by atoms with Gasteiger partial charge in [0.15, 0.2) is 0 Å². The van der Waals surface area contributed by atoms with Gasteiger partial charge >= 0.3 is 0 Å². The van der Waals surface area contributed by atoms with Crippen LogP contribution in [0.3, 0.4) is 0 Å². The van der Waals surface area contributed by atoms with Crippen molar-refractivity contribution < 1.29 is 0 Å². The molecule has 2 aromatic carbocycles. The highest BCUT2D eigenvalue weighted by Crippen LogP contribution is 2.30. The Morgan fingerprint density at radius 1 is 0.938 bits per heavy atom. The summed E-state index contributed by atoms with van der Waals surface area (Å²) in [6, 6.07) is 14.4. The van der Waals surface area contributed by atoms with Gasteiger partial charge in [-0.2, -0.15) is 0 Å². The van der Waals surface area contributed by atoms with E-state index < -0.39 is 0 Å². The first kappa shape index (κ1) is 9.75. The lowest BCUT2D eigenvalue weighted by atomic mass is 10.0. The fourth-order valence-electron chi connectivity index (χ4n) is 1.80. The molecule has 0 fully saturated rings. The minimum Gasteiger partial charge on any atom is -0.265 e. The molecule has 3 aromatic rings. The van der Waals surface area contributed by atoms with Gasteiger partial charge in [-0.05, 0) is 10.8 Å². The van der Waals surface area contributed by atoms with E-state index in [0.717, 1.165) is 10.4 Å². The van der Waals surface area contributed by atoms with E-state index in [2.05, 4.69) is 24.3 Å². The lowest BCUT2D eigenvalue weighted by Crippen LogP contribution is -1.78. The van der Waals surface area contributed by atoms with Crippen LogP contribution in [0.1, 0.15) is 0 Å². The number of fused-ring (bicyclic) bond motifs is 1. The summed E-state index contributed by atoms with van der Waals surface area (Å²) in [4.78, 5) is 12.3. The molecule has 1 heterocycles. The standard InChI is InChI=1S/C13H8OS2/c14-13-15-8-12(16-13)11-7-3-5-9-4-1-2-6-10(9)11/h1-8H. The van der Waals surface area contributed by atoms with Crippen molar-refractivity contribution in [3.63, 3.8) is 0 Å². The topological polar surface area (TPSA) is 17.1 Å². The summed E-state index contributed by atoms with van der Waals surface area (Å²) < 4.78 is 0.155. The minimum atomic E-state index is 0.155. The van der Waals surface area contributed by atoms with Gasteiger partial charge in [0.05, 0.1) is 0 Å². The third kappa shape index (κ3) is 1.58. The maximum Gasteiger partial charge on any atom is 0.287 e. The van der Waals surface area contributed by atoms with Gasteiger partial charge in [-0.1, -0.05) is 65.1 Å². The molecule has 0 aliphatic carbocycles. The fourth-order valence-corrected chi connectivity index (χ4v) is 3.54. The highest BCUT2D eigenvalue weighted by molar-refractivity contribution is 7.28. The Morgan fingerprint density at radius 3 is 2.56 bits per heavy atom. The van der Waals surface area contributed by atoms with E-state index in [1.807, 2.05) is 23.6 Å². The Bertz CT molecular complexity index is 689. The van der Waals surface area contributed by atoms with Crippen molar-refractivity contribution in [3.8, 4) is 10.4 Å². The van der Waals surface area contributed by atoms with Crippen LogP contribution in [0.2, 0.25) is 0 Å². The Balaban J connectivity index is 2.35. The molecule has 0 saturated heterocycles. The summed E-state index contributed by atoms with van der Waals surface area (Å²) >= 11 is 2.59. The van der Waals surface area contributed by atoms with Gasteiger partial charge in [0.2, 0.25) is 0 Å². The van der Waals surface area contributed by atoms with Crippen LogP contribution in [0.25, 0.3) is 21.2 Å². The molecule has 1 aromatic heterocycles. The van der Waals surface area contributed by atoms with Gasteiger partial charge in [0.25, 0.3) is 4.06 Å². The molecule has 3 heteroatoms. The van der Waals surface area contributed by atoms with Crippen LogP contribution >= 0.6 is 22.7 Å². The molecule has 1 nitrogen and oxygen atoms in total. The normalized spacial score (nSPS) is 10.8. The van der Waals surface area contributed by atoms with Crippen LogP contribution in [0.15, 0.2) is 52.6 Å². The molecule has 0 saturated carbocycles. The highest BCUT2D eigenvalue weighted by Gasteiger charge is 2.05. The quantitative estimate of drug-likeness (QED) is 0.632. The Kier molecular flexibility index (Phi) is 2.35. The second kappa shape index (κ2) is 3.85. The van der Waals surface area contributed by atoms with Gasteiger partial charge in [-0.15, -0.1) is 0 Å². The van der Waals surface area contributed by atoms with Crippen LogP contribution in [0.4, 0.5) is 0 Å². The molecular formula is C13H8OS2. The summed E-state index contributed by atoms with van der Waals surface area (Å²) in [7, 11) is 0. The van der Waals surface area contributed by atoms with Crippen molar-refractivity contribution in [2.75, 3.05) is 0 Å². The van der Waals surface area contributed by atoms with Crippen LogP contribution in [-0.2, 0) is 0 Å². The first-order valence-electron chi connectivity index (χ1n) is 4.91. The smallest absolute Gasteiger partial charge is 0.265 e. The van der Waals surface area contributed by atoms with Crippen molar-refractivity contribution in [3.05, 3.63) is 56.7 Å². The Hall–Kier alpha value is -1.45. The largest absolute Gasteiger partial charge is 0.287 e. The van der Waals surface area contributed by atoms with E-state index in [-0.39, 0.29) is 4.06 Å². The number of benzene rings is 2. The van der Waals surface area contributed by atoms with Gasteiger partial charge in [-0.3, -0.25) is 4.79 Å². The molecule has 0 N–H and O–H groups in total. The predicted molar refractivity (Wildman–Crippen MR) is 71.4 cm³/mol. The Morgan fingerprint density at radius 2 is 1.75 bits per heavy atom. The van der Waals surface area contributed by atoms with Gasteiger partial charge in [0, 0.05) is 15.8 Å². The monoisotopic (exact) mass is 244 g/mol. The second-order valence-electron chi connectivity index (χ2n) is 3.48. The molecule has 0 aliphatic rings. The maximum atomic E-state index is 11.2. The molecule has 0 spiro atoms. The lowest BCUT2D eigenvalue weighted by Gasteiger charge is -2.02. The van der Waals surface area contributed by atoms with Gasteiger partial charge in [0.1, 0.15) is 0 Å². The van der Waals surface area contributed by atoms with Crippen molar-refractivity contribution in [2.45, 2.75) is 0 Å². The van der Waals surface area contributed by atoms with Gasteiger partial charge < -0.3 is 0 Å². The lowest BCUT2D eigenvalue weighted by molar-refractivity contribution is 1.74. The van der Waals surface area contributed by atoms with E-state index >= 15 is 0 Å². The molecule has 0 bridgehead atoms. The molecule has 0 aliphatic heterocycles. The number of hydrogen-bond acceptors (Lipinski definition) is 3. The van der Waals surface area contributed by atoms with E-state index in [9.17, 15) is 4.79 Å². The van der Waals surface area contributed by atoms with Crippen molar-refractivity contribution in [1.82, 2.24) is 0 Å². The fraction of sp³-hybridized carbons (Fsp3) is 0. The SMILES string of the molecule is O=c1scc(-c2cccc3ccccc23)s1. The summed E-state index contributed by atoms with van der Waals surface area (Å²) in [5.41, 5.74) is 1.15. The summed E-state index contributed by atoms with van der Waals surface area (Å²) in [5.74, 6) is 0. The van der Waals surface area contributed by atoms with Gasteiger partial charge in [-0.25, -0.2) is 0 Å². The Labute approximate surface area is 101 Å². The highest BCUT2D eigenvalue weighted by atomic mass is 32.2. The average Bonchev–Trinajstić information content (AvgIpc) is 2.75. The minimum absolute atomic E-state index is 0.155. The molecule has 0 unspecified atom stereocenters. The summed E-state index contributed by atoms with van der Waals surface area (Å²) in [5, 5.41) is 4.36. The first-order chi connectivity index (χ1) is 7.84.